The van der Waals surface area contributed by atoms with E-state index < -0.39 is 0 Å². The van der Waals surface area contributed by atoms with E-state index in [2.05, 4.69) is 48.2 Å². The van der Waals surface area contributed by atoms with Gasteiger partial charge in [-0.3, -0.25) is 9.80 Å². The molecule has 2 atom stereocenters. The summed E-state index contributed by atoms with van der Waals surface area (Å²) in [5, 5.41) is 1.57. The maximum Gasteiger partial charge on any atom is 0.0473 e. The molecule has 0 N–H and O–H groups in total. The van der Waals surface area contributed by atoms with Crippen LogP contribution in [-0.2, 0) is 0 Å². The van der Waals surface area contributed by atoms with Crippen LogP contribution in [0.2, 0.25) is 10.0 Å². The van der Waals surface area contributed by atoms with Crippen molar-refractivity contribution in [3.05, 3.63) is 69.7 Å². The molecule has 1 aliphatic rings. The van der Waals surface area contributed by atoms with Crippen LogP contribution >= 0.6 is 23.2 Å². The lowest BCUT2D eigenvalue weighted by Gasteiger charge is -2.43. The molecule has 4 heteroatoms. The van der Waals surface area contributed by atoms with Crippen molar-refractivity contribution in [3.63, 3.8) is 0 Å². The minimum atomic E-state index is 0.394. The van der Waals surface area contributed by atoms with Crippen LogP contribution in [0.25, 0.3) is 0 Å². The van der Waals surface area contributed by atoms with Crippen LogP contribution in [0.4, 0.5) is 0 Å². The van der Waals surface area contributed by atoms with Crippen molar-refractivity contribution in [2.45, 2.75) is 12.1 Å². The average Bonchev–Trinajstić information content (AvgIpc) is 2.51. The average molecular weight is 335 g/mol. The van der Waals surface area contributed by atoms with Crippen molar-refractivity contribution in [3.8, 4) is 0 Å². The van der Waals surface area contributed by atoms with E-state index in [1.54, 1.807) is 0 Å². The number of hydrogen-bond acceptors (Lipinski definition) is 2. The zero-order valence-electron chi connectivity index (χ0n) is 12.8. The lowest BCUT2D eigenvalue weighted by molar-refractivity contribution is 0.0623. The molecule has 2 aromatic carbocycles. The molecule has 1 fully saturated rings. The molecule has 116 valence electrons. The van der Waals surface area contributed by atoms with Gasteiger partial charge in [0, 0.05) is 35.2 Å². The molecule has 0 radical (unpaired) electrons. The first kappa shape index (κ1) is 15.8. The van der Waals surface area contributed by atoms with Gasteiger partial charge in [0.1, 0.15) is 0 Å². The Bertz CT molecular complexity index is 567. The Morgan fingerprint density at radius 3 is 1.32 bits per heavy atom. The van der Waals surface area contributed by atoms with Crippen LogP contribution in [0.3, 0.4) is 0 Å². The molecule has 1 heterocycles. The summed E-state index contributed by atoms with van der Waals surface area (Å²) in [4.78, 5) is 4.84. The molecular formula is C18H20Cl2N2. The zero-order chi connectivity index (χ0) is 15.7. The van der Waals surface area contributed by atoms with E-state index in [1.807, 2.05) is 24.3 Å². The Morgan fingerprint density at radius 1 is 0.682 bits per heavy atom. The van der Waals surface area contributed by atoms with Gasteiger partial charge in [0.2, 0.25) is 0 Å². The van der Waals surface area contributed by atoms with Crippen LogP contribution in [0, 0.1) is 0 Å². The van der Waals surface area contributed by atoms with Crippen LogP contribution in [0.1, 0.15) is 23.2 Å². The molecule has 0 aliphatic carbocycles. The van der Waals surface area contributed by atoms with E-state index in [9.17, 15) is 0 Å². The molecule has 2 nitrogen and oxygen atoms in total. The van der Waals surface area contributed by atoms with Crippen LogP contribution in [-0.4, -0.2) is 37.0 Å². The molecule has 1 aliphatic heterocycles. The largest absolute Gasteiger partial charge is 0.296 e. The number of hydrogen-bond donors (Lipinski definition) is 0. The summed E-state index contributed by atoms with van der Waals surface area (Å²) in [7, 11) is 4.38. The second-order valence-corrected chi connectivity index (χ2v) is 6.89. The number of nitrogens with zero attached hydrogens (tertiary/aromatic N) is 2. The molecule has 0 saturated carbocycles. The smallest absolute Gasteiger partial charge is 0.0473 e. The highest BCUT2D eigenvalue weighted by molar-refractivity contribution is 6.30. The number of halogens is 2. The molecule has 0 spiro atoms. The lowest BCUT2D eigenvalue weighted by Crippen LogP contribution is -2.46. The highest BCUT2D eigenvalue weighted by Crippen LogP contribution is 2.33. The van der Waals surface area contributed by atoms with Gasteiger partial charge in [0.25, 0.3) is 0 Å². The first-order valence-corrected chi connectivity index (χ1v) is 8.21. The van der Waals surface area contributed by atoms with Crippen molar-refractivity contribution in [2.24, 2.45) is 0 Å². The van der Waals surface area contributed by atoms with Crippen LogP contribution in [0.5, 0.6) is 0 Å². The number of likely N-dealkylation sites (N-methyl/N-ethyl adjacent to an activating group) is 2. The predicted octanol–water partition coefficient (Wildman–Crippen LogP) is 4.65. The molecule has 0 bridgehead atoms. The topological polar surface area (TPSA) is 6.48 Å². The van der Waals surface area contributed by atoms with Gasteiger partial charge >= 0.3 is 0 Å². The Labute approximate surface area is 142 Å². The van der Waals surface area contributed by atoms with Gasteiger partial charge in [-0.05, 0) is 49.5 Å². The third kappa shape index (κ3) is 3.31. The second-order valence-electron chi connectivity index (χ2n) is 6.01. The summed E-state index contributed by atoms with van der Waals surface area (Å²) in [6.07, 6.45) is 0. The molecule has 0 aromatic heterocycles. The fourth-order valence-electron chi connectivity index (χ4n) is 3.17. The van der Waals surface area contributed by atoms with Crippen LogP contribution in [0.15, 0.2) is 48.5 Å². The Balaban J connectivity index is 1.79. The minimum absolute atomic E-state index is 0.394. The van der Waals surface area contributed by atoms with Gasteiger partial charge in [-0.25, -0.2) is 0 Å². The van der Waals surface area contributed by atoms with Gasteiger partial charge in [-0.1, -0.05) is 47.5 Å². The van der Waals surface area contributed by atoms with Gasteiger partial charge in [0.15, 0.2) is 0 Å². The Kier molecular flexibility index (Phi) is 4.74. The van der Waals surface area contributed by atoms with Crippen molar-refractivity contribution < 1.29 is 0 Å². The third-order valence-corrected chi connectivity index (χ3v) is 5.00. The third-order valence-electron chi connectivity index (χ3n) is 4.50. The summed E-state index contributed by atoms with van der Waals surface area (Å²) in [5.41, 5.74) is 2.63. The predicted molar refractivity (Wildman–Crippen MR) is 93.6 cm³/mol. The standard InChI is InChI=1S/C18H20Cl2N2/c1-21-11-18(14-5-9-16(20)10-6-14)22(2)12-17(21)13-3-7-15(19)8-4-13/h3-10,17-18H,11-12H2,1-2H3. The molecular weight excluding hydrogens is 315 g/mol. The highest BCUT2D eigenvalue weighted by atomic mass is 35.5. The summed E-state index contributed by atoms with van der Waals surface area (Å²) in [6.45, 7) is 1.98. The molecule has 2 unspecified atom stereocenters. The number of benzene rings is 2. The summed E-state index contributed by atoms with van der Waals surface area (Å²) >= 11 is 12.0. The van der Waals surface area contributed by atoms with Crippen LogP contribution < -0.4 is 0 Å². The molecule has 1 saturated heterocycles. The molecule has 3 rings (SSSR count). The van der Waals surface area contributed by atoms with E-state index in [0.29, 0.717) is 12.1 Å². The Hall–Kier alpha value is -1.06. The fourth-order valence-corrected chi connectivity index (χ4v) is 3.42. The number of rotatable bonds is 2. The first-order valence-electron chi connectivity index (χ1n) is 7.46. The SMILES string of the molecule is CN1CC(c2ccc(Cl)cc2)N(C)CC1c1ccc(Cl)cc1. The van der Waals surface area contributed by atoms with Gasteiger partial charge in [-0.2, -0.15) is 0 Å². The maximum absolute atomic E-state index is 6.00. The minimum Gasteiger partial charge on any atom is -0.296 e. The van der Waals surface area contributed by atoms with Crippen molar-refractivity contribution in [2.75, 3.05) is 27.2 Å². The number of piperazine rings is 1. The van der Waals surface area contributed by atoms with E-state index in [0.717, 1.165) is 23.1 Å². The summed E-state index contributed by atoms with van der Waals surface area (Å²) in [5.74, 6) is 0. The fraction of sp³-hybridized carbons (Fsp3) is 0.333. The molecule has 0 amide bonds. The lowest BCUT2D eigenvalue weighted by atomic mass is 9.96. The van der Waals surface area contributed by atoms with Crippen molar-refractivity contribution in [1.29, 1.82) is 0 Å². The van der Waals surface area contributed by atoms with Crippen molar-refractivity contribution in [1.82, 2.24) is 9.80 Å². The van der Waals surface area contributed by atoms with Gasteiger partial charge in [-0.15, -0.1) is 0 Å². The van der Waals surface area contributed by atoms with E-state index >= 15 is 0 Å². The molecule has 2 aromatic rings. The van der Waals surface area contributed by atoms with E-state index in [-0.39, 0.29) is 0 Å². The zero-order valence-corrected chi connectivity index (χ0v) is 14.3. The highest BCUT2D eigenvalue weighted by Gasteiger charge is 2.31. The van der Waals surface area contributed by atoms with E-state index in [4.69, 9.17) is 23.2 Å². The van der Waals surface area contributed by atoms with E-state index in [1.165, 1.54) is 11.1 Å². The van der Waals surface area contributed by atoms with Gasteiger partial charge < -0.3 is 0 Å². The first-order chi connectivity index (χ1) is 10.5. The van der Waals surface area contributed by atoms with Gasteiger partial charge in [0.05, 0.1) is 0 Å². The van der Waals surface area contributed by atoms with Crippen molar-refractivity contribution >= 4 is 23.2 Å². The Morgan fingerprint density at radius 2 is 1.00 bits per heavy atom. The maximum atomic E-state index is 6.00. The quantitative estimate of drug-likeness (QED) is 0.788. The molecule has 22 heavy (non-hydrogen) atoms. The second kappa shape index (κ2) is 6.59. The normalized spacial score (nSPS) is 23.6. The monoisotopic (exact) mass is 334 g/mol. The summed E-state index contributed by atoms with van der Waals surface area (Å²) in [6, 6.07) is 17.2. The summed E-state index contributed by atoms with van der Waals surface area (Å²) < 4.78 is 0.